The van der Waals surface area contributed by atoms with Crippen molar-refractivity contribution in [2.45, 2.75) is 64.1 Å². The Morgan fingerprint density at radius 2 is 1.73 bits per heavy atom. The number of nitrogens with zero attached hydrogens (tertiary/aromatic N) is 1. The minimum atomic E-state index is -1.19. The van der Waals surface area contributed by atoms with Gasteiger partial charge in [0.05, 0.1) is 6.04 Å². The Morgan fingerprint density at radius 1 is 1.06 bits per heavy atom. The number of fused-ring (bicyclic) bond motifs is 1. The number of amides is 3. The normalized spacial score (nSPS) is 23.2. The van der Waals surface area contributed by atoms with Crippen LogP contribution in [0.3, 0.4) is 0 Å². The predicted octanol–water partition coefficient (Wildman–Crippen LogP) is 2.02. The van der Waals surface area contributed by atoms with E-state index in [9.17, 15) is 24.6 Å². The summed E-state index contributed by atoms with van der Waals surface area (Å²) in [5.41, 5.74) is 3.44. The minimum absolute atomic E-state index is 0.00649. The smallest absolute Gasteiger partial charge is 0.251 e. The molecule has 3 amide bonds. The number of aliphatic hydroxyl groups excluding tert-OH is 2. The molecule has 2 aromatic rings. The molecule has 174 valence electrons. The lowest BCUT2D eigenvalue weighted by molar-refractivity contribution is -0.154. The first-order valence-electron chi connectivity index (χ1n) is 11.0. The Labute approximate surface area is 192 Å². The van der Waals surface area contributed by atoms with Crippen LogP contribution in [0.2, 0.25) is 0 Å². The van der Waals surface area contributed by atoms with E-state index in [0.29, 0.717) is 16.7 Å². The number of hydrogen-bond donors (Lipinski definition) is 4. The van der Waals surface area contributed by atoms with Crippen molar-refractivity contribution < 1.29 is 24.6 Å². The Hall–Kier alpha value is -3.07. The summed E-state index contributed by atoms with van der Waals surface area (Å²) in [6.45, 7) is 6.59. The zero-order valence-electron chi connectivity index (χ0n) is 19.0. The fraction of sp³-hybridized carbons (Fsp3) is 0.400. The maximum absolute atomic E-state index is 12.6. The number of nitrogens with one attached hydrogen (secondary N) is 2. The molecule has 3 unspecified atom stereocenters. The fourth-order valence-corrected chi connectivity index (χ4v) is 4.36. The number of benzene rings is 2. The van der Waals surface area contributed by atoms with E-state index in [1.54, 1.807) is 30.3 Å². The molecule has 1 fully saturated rings. The van der Waals surface area contributed by atoms with Crippen LogP contribution in [0.15, 0.2) is 42.5 Å². The standard InChI is InChI=1S/C25H29N3O5/c1-25(2,3)16-7-5-15(6-8-16)21(30)26-13-14-4-9-17-18(12-14)24(33)28(23(17)32)19-10-11-20(29)27-22(19)31/h4-9,12,19,23-24,32-33H,10-11,13H2,1-3H3,(H,26,30)(H,27,29,31). The van der Waals surface area contributed by atoms with Crippen LogP contribution in [0.4, 0.5) is 0 Å². The van der Waals surface area contributed by atoms with Gasteiger partial charge in [-0.3, -0.25) is 19.7 Å². The molecule has 8 nitrogen and oxygen atoms in total. The first-order chi connectivity index (χ1) is 15.6. The molecule has 33 heavy (non-hydrogen) atoms. The van der Waals surface area contributed by atoms with Crippen LogP contribution in [0, 0.1) is 0 Å². The average molecular weight is 452 g/mol. The van der Waals surface area contributed by atoms with Crippen LogP contribution in [0.25, 0.3) is 0 Å². The van der Waals surface area contributed by atoms with E-state index in [-0.39, 0.29) is 36.6 Å². The van der Waals surface area contributed by atoms with Crippen molar-refractivity contribution in [3.8, 4) is 0 Å². The van der Waals surface area contributed by atoms with Gasteiger partial charge in [0.25, 0.3) is 5.91 Å². The van der Waals surface area contributed by atoms with E-state index in [1.165, 1.54) is 4.90 Å². The molecule has 4 N–H and O–H groups in total. The first-order valence-corrected chi connectivity index (χ1v) is 11.0. The van der Waals surface area contributed by atoms with Crippen molar-refractivity contribution in [2.75, 3.05) is 0 Å². The van der Waals surface area contributed by atoms with Gasteiger partial charge in [-0.2, -0.15) is 0 Å². The summed E-state index contributed by atoms with van der Waals surface area (Å²) in [5.74, 6) is -1.09. The number of aliphatic hydroxyl groups is 2. The Balaban J connectivity index is 1.44. The van der Waals surface area contributed by atoms with Gasteiger partial charge in [0, 0.05) is 29.7 Å². The monoisotopic (exact) mass is 451 g/mol. The molecule has 0 bridgehead atoms. The molecule has 2 aliphatic heterocycles. The average Bonchev–Trinajstić information content (AvgIpc) is 3.01. The lowest BCUT2D eigenvalue weighted by atomic mass is 9.87. The molecular formula is C25H29N3O5. The molecule has 0 aliphatic carbocycles. The third-order valence-corrected chi connectivity index (χ3v) is 6.31. The van der Waals surface area contributed by atoms with Gasteiger partial charge in [-0.1, -0.05) is 45.0 Å². The van der Waals surface area contributed by atoms with Crippen molar-refractivity contribution in [3.05, 3.63) is 70.3 Å². The molecule has 2 aromatic carbocycles. The molecule has 2 heterocycles. The summed E-state index contributed by atoms with van der Waals surface area (Å²) in [5, 5.41) is 26.7. The van der Waals surface area contributed by atoms with Gasteiger partial charge in [-0.05, 0) is 41.2 Å². The number of rotatable bonds is 4. The van der Waals surface area contributed by atoms with Crippen molar-refractivity contribution in [3.63, 3.8) is 0 Å². The van der Waals surface area contributed by atoms with Crippen molar-refractivity contribution in [2.24, 2.45) is 0 Å². The Morgan fingerprint density at radius 3 is 2.36 bits per heavy atom. The first kappa shape index (κ1) is 23.1. The SMILES string of the molecule is CC(C)(C)c1ccc(C(=O)NCc2ccc3c(c2)C(O)N(C2CCC(=O)NC2=O)C3O)cc1. The number of piperidine rings is 1. The summed E-state index contributed by atoms with van der Waals surface area (Å²) in [6.07, 6.45) is -1.98. The van der Waals surface area contributed by atoms with Gasteiger partial charge in [-0.15, -0.1) is 0 Å². The van der Waals surface area contributed by atoms with E-state index in [4.69, 9.17) is 0 Å². The molecule has 2 aliphatic rings. The second kappa shape index (κ2) is 8.70. The maximum Gasteiger partial charge on any atom is 0.251 e. The number of imide groups is 1. The third kappa shape index (κ3) is 4.55. The zero-order valence-corrected chi connectivity index (χ0v) is 19.0. The number of hydrogen-bond acceptors (Lipinski definition) is 6. The maximum atomic E-state index is 12.6. The van der Waals surface area contributed by atoms with Crippen molar-refractivity contribution in [1.29, 1.82) is 0 Å². The van der Waals surface area contributed by atoms with Gasteiger partial charge in [0.1, 0.15) is 12.5 Å². The fourth-order valence-electron chi connectivity index (χ4n) is 4.36. The summed E-state index contributed by atoms with van der Waals surface area (Å²) in [7, 11) is 0. The minimum Gasteiger partial charge on any atom is -0.374 e. The molecule has 1 saturated heterocycles. The van der Waals surface area contributed by atoms with Crippen molar-refractivity contribution in [1.82, 2.24) is 15.5 Å². The number of carbonyl (C=O) groups is 3. The third-order valence-electron chi connectivity index (χ3n) is 6.31. The lowest BCUT2D eigenvalue weighted by Gasteiger charge is -2.34. The van der Waals surface area contributed by atoms with E-state index in [1.807, 2.05) is 12.1 Å². The van der Waals surface area contributed by atoms with Crippen LogP contribution < -0.4 is 10.6 Å². The van der Waals surface area contributed by atoms with E-state index >= 15 is 0 Å². The highest BCUT2D eigenvalue weighted by atomic mass is 16.3. The molecule has 0 saturated carbocycles. The van der Waals surface area contributed by atoms with Crippen LogP contribution >= 0.6 is 0 Å². The molecular weight excluding hydrogens is 422 g/mol. The zero-order chi connectivity index (χ0) is 23.9. The van der Waals surface area contributed by atoms with E-state index in [0.717, 1.165) is 11.1 Å². The van der Waals surface area contributed by atoms with Gasteiger partial charge in [0.2, 0.25) is 11.8 Å². The molecule has 0 radical (unpaired) electrons. The van der Waals surface area contributed by atoms with Gasteiger partial charge < -0.3 is 15.5 Å². The highest BCUT2D eigenvalue weighted by Crippen LogP contribution is 2.42. The van der Waals surface area contributed by atoms with Crippen LogP contribution in [-0.2, 0) is 21.5 Å². The summed E-state index contributed by atoms with van der Waals surface area (Å²) in [6, 6.07) is 11.9. The molecule has 8 heteroatoms. The second-order valence-electron chi connectivity index (χ2n) is 9.63. The highest BCUT2D eigenvalue weighted by molar-refractivity contribution is 6.00. The largest absolute Gasteiger partial charge is 0.374 e. The van der Waals surface area contributed by atoms with Gasteiger partial charge >= 0.3 is 0 Å². The Kier molecular flexibility index (Phi) is 6.09. The van der Waals surface area contributed by atoms with E-state index in [2.05, 4.69) is 31.4 Å². The van der Waals surface area contributed by atoms with Crippen LogP contribution in [-0.4, -0.2) is 38.9 Å². The quantitative estimate of drug-likeness (QED) is 0.528. The van der Waals surface area contributed by atoms with Crippen LogP contribution in [0.1, 0.15) is 78.7 Å². The second-order valence-corrected chi connectivity index (χ2v) is 9.63. The summed E-state index contributed by atoms with van der Waals surface area (Å²) >= 11 is 0. The highest BCUT2D eigenvalue weighted by Gasteiger charge is 2.44. The molecule has 0 aromatic heterocycles. The van der Waals surface area contributed by atoms with Crippen molar-refractivity contribution >= 4 is 17.7 Å². The van der Waals surface area contributed by atoms with Crippen LogP contribution in [0.5, 0.6) is 0 Å². The van der Waals surface area contributed by atoms with Gasteiger partial charge in [0.15, 0.2) is 0 Å². The topological polar surface area (TPSA) is 119 Å². The number of carbonyl (C=O) groups excluding carboxylic acids is 3. The Bertz CT molecular complexity index is 1090. The predicted molar refractivity (Wildman–Crippen MR) is 121 cm³/mol. The summed E-state index contributed by atoms with van der Waals surface area (Å²) < 4.78 is 0. The lowest BCUT2D eigenvalue weighted by Crippen LogP contribution is -2.52. The summed E-state index contributed by atoms with van der Waals surface area (Å²) in [4.78, 5) is 37.6. The molecule has 0 spiro atoms. The molecule has 3 atom stereocenters. The van der Waals surface area contributed by atoms with E-state index < -0.39 is 24.4 Å². The molecule has 4 rings (SSSR count). The van der Waals surface area contributed by atoms with Gasteiger partial charge in [-0.25, -0.2) is 4.90 Å².